The molecule has 0 aromatic rings. The normalized spacial score (nSPS) is 10.7. The predicted octanol–water partition coefficient (Wildman–Crippen LogP) is -2.07. The van der Waals surface area contributed by atoms with Gasteiger partial charge in [0.1, 0.15) is 0 Å². The Morgan fingerprint density at radius 1 is 1.17 bits per heavy atom. The summed E-state index contributed by atoms with van der Waals surface area (Å²) in [4.78, 5) is 20.8. The molecule has 66 valence electrons. The van der Waals surface area contributed by atoms with Gasteiger partial charge in [-0.2, -0.15) is 0 Å². The van der Waals surface area contributed by atoms with Crippen molar-refractivity contribution < 1.29 is 72.6 Å². The van der Waals surface area contributed by atoms with Crippen LogP contribution in [0.1, 0.15) is 22.2 Å². The molecule has 0 atom stereocenters. The maximum absolute atomic E-state index is 10.4. The number of carboxylic acids is 2. The Kier molecular flexibility index (Phi) is 6.70. The molecule has 0 spiro atoms. The fourth-order valence-electron chi connectivity index (χ4n) is 0.846. The zero-order valence-electron chi connectivity index (χ0n) is 8.79. The first-order valence-electron chi connectivity index (χ1n) is 3.22. The van der Waals surface area contributed by atoms with Crippen molar-refractivity contribution in [1.82, 2.24) is 0 Å². The van der Waals surface area contributed by atoms with E-state index in [9.17, 15) is 9.59 Å². The van der Waals surface area contributed by atoms with Crippen LogP contribution < -0.4 is 51.4 Å². The monoisotopic (exact) mass is 200 g/mol. The van der Waals surface area contributed by atoms with Crippen LogP contribution in [0.5, 0.6) is 0 Å². The van der Waals surface area contributed by atoms with Gasteiger partial charge in [0, 0.05) is 0 Å². The third-order valence-electron chi connectivity index (χ3n) is 1.36. The van der Waals surface area contributed by atoms with Gasteiger partial charge in [0.2, 0.25) is 0 Å². The molecule has 0 rings (SSSR count). The Bertz CT molecular complexity index is 173. The molecule has 0 aliphatic heterocycles. The first kappa shape index (κ1) is 15.1. The summed E-state index contributed by atoms with van der Waals surface area (Å²) in [6.45, 7) is 4.75. The second kappa shape index (κ2) is 5.34. The summed E-state index contributed by atoms with van der Waals surface area (Å²) >= 11 is 0. The molecular formula is C7H13KO4. The SMILES string of the molecule is CC(C)(C)C(C(=O)O)C(=O)O.[H-].[K+]. The number of hydrogen-bond donors (Lipinski definition) is 2. The van der Waals surface area contributed by atoms with Crippen LogP contribution >= 0.6 is 0 Å². The van der Waals surface area contributed by atoms with Crippen LogP contribution in [0.2, 0.25) is 0 Å². The van der Waals surface area contributed by atoms with Crippen molar-refractivity contribution >= 4 is 11.9 Å². The summed E-state index contributed by atoms with van der Waals surface area (Å²) < 4.78 is 0. The molecule has 0 bridgehead atoms. The van der Waals surface area contributed by atoms with E-state index in [1.165, 1.54) is 0 Å². The van der Waals surface area contributed by atoms with Crippen molar-refractivity contribution in [1.29, 1.82) is 0 Å². The van der Waals surface area contributed by atoms with Crippen LogP contribution in [0, 0.1) is 11.3 Å². The van der Waals surface area contributed by atoms with Gasteiger partial charge in [0.25, 0.3) is 0 Å². The van der Waals surface area contributed by atoms with Gasteiger partial charge in [-0.1, -0.05) is 20.8 Å². The van der Waals surface area contributed by atoms with E-state index in [2.05, 4.69) is 0 Å². The van der Waals surface area contributed by atoms with Gasteiger partial charge >= 0.3 is 63.3 Å². The number of rotatable bonds is 2. The molecule has 2 N–H and O–H groups in total. The molecule has 12 heavy (non-hydrogen) atoms. The van der Waals surface area contributed by atoms with Gasteiger partial charge in [-0.3, -0.25) is 9.59 Å². The van der Waals surface area contributed by atoms with E-state index in [0.29, 0.717) is 0 Å². The predicted molar refractivity (Wildman–Crippen MR) is 39.3 cm³/mol. The molecule has 0 radical (unpaired) electrons. The topological polar surface area (TPSA) is 74.6 Å². The van der Waals surface area contributed by atoms with E-state index >= 15 is 0 Å². The number of carbonyl (C=O) groups is 2. The van der Waals surface area contributed by atoms with E-state index < -0.39 is 23.3 Å². The Morgan fingerprint density at radius 3 is 1.42 bits per heavy atom. The van der Waals surface area contributed by atoms with E-state index in [4.69, 9.17) is 10.2 Å². The summed E-state index contributed by atoms with van der Waals surface area (Å²) in [5.41, 5.74) is -0.738. The van der Waals surface area contributed by atoms with Crippen molar-refractivity contribution in [3.8, 4) is 0 Å². The summed E-state index contributed by atoms with van der Waals surface area (Å²) in [7, 11) is 0. The molecule has 4 nitrogen and oxygen atoms in total. The van der Waals surface area contributed by atoms with Crippen LogP contribution in [0.3, 0.4) is 0 Å². The van der Waals surface area contributed by atoms with E-state index in [1.54, 1.807) is 20.8 Å². The van der Waals surface area contributed by atoms with Crippen LogP contribution in [0.25, 0.3) is 0 Å². The molecule has 0 aromatic heterocycles. The van der Waals surface area contributed by atoms with Gasteiger partial charge in [0.05, 0.1) is 0 Å². The Morgan fingerprint density at radius 2 is 1.42 bits per heavy atom. The van der Waals surface area contributed by atoms with E-state index in [-0.39, 0.29) is 52.8 Å². The molecule has 0 saturated heterocycles. The minimum atomic E-state index is -1.33. The van der Waals surface area contributed by atoms with Crippen LogP contribution in [0.15, 0.2) is 0 Å². The molecule has 0 aliphatic carbocycles. The smallest absolute Gasteiger partial charge is 1.00 e. The first-order valence-corrected chi connectivity index (χ1v) is 3.22. The van der Waals surface area contributed by atoms with Crippen LogP contribution in [-0.4, -0.2) is 22.2 Å². The van der Waals surface area contributed by atoms with Gasteiger partial charge < -0.3 is 11.6 Å². The van der Waals surface area contributed by atoms with Crippen molar-refractivity contribution in [2.75, 3.05) is 0 Å². The summed E-state index contributed by atoms with van der Waals surface area (Å²) in [5.74, 6) is -3.91. The second-order valence-corrected chi connectivity index (χ2v) is 3.48. The number of carboxylic acid groups (broad SMARTS) is 2. The fraction of sp³-hybridized carbons (Fsp3) is 0.714. The molecule has 0 heterocycles. The third-order valence-corrected chi connectivity index (χ3v) is 1.36. The van der Waals surface area contributed by atoms with Crippen molar-refractivity contribution in [2.24, 2.45) is 11.3 Å². The zero-order valence-corrected chi connectivity index (χ0v) is 10.9. The molecule has 0 amide bonds. The summed E-state index contributed by atoms with van der Waals surface area (Å²) in [6, 6.07) is 0. The molecular weight excluding hydrogens is 187 g/mol. The molecule has 5 heteroatoms. The standard InChI is InChI=1S/C7H12O4.K.H/c1-7(2,3)4(5(8)9)6(10)11;;/h4H,1-3H3,(H,8,9)(H,10,11);;/q;+1;-1. The molecule has 0 saturated carbocycles. The van der Waals surface area contributed by atoms with E-state index in [0.717, 1.165) is 0 Å². The molecule has 0 aromatic carbocycles. The molecule has 0 aliphatic rings. The quantitative estimate of drug-likeness (QED) is 0.397. The Hall–Kier alpha value is 0.576. The summed E-state index contributed by atoms with van der Waals surface area (Å²) in [5, 5.41) is 17.0. The van der Waals surface area contributed by atoms with Gasteiger partial charge in [-0.05, 0) is 5.41 Å². The molecule has 0 unspecified atom stereocenters. The van der Waals surface area contributed by atoms with Gasteiger partial charge in [0.15, 0.2) is 5.92 Å². The largest absolute Gasteiger partial charge is 1.00 e. The Balaban J connectivity index is -0.000000500. The van der Waals surface area contributed by atoms with E-state index in [1.807, 2.05) is 0 Å². The van der Waals surface area contributed by atoms with Gasteiger partial charge in [-0.15, -0.1) is 0 Å². The average molecular weight is 200 g/mol. The summed E-state index contributed by atoms with van der Waals surface area (Å²) in [6.07, 6.45) is 0. The third kappa shape index (κ3) is 4.56. The number of hydrogen-bond acceptors (Lipinski definition) is 2. The van der Waals surface area contributed by atoms with Crippen LogP contribution in [-0.2, 0) is 9.59 Å². The minimum Gasteiger partial charge on any atom is -1.00 e. The van der Waals surface area contributed by atoms with Crippen LogP contribution in [0.4, 0.5) is 0 Å². The van der Waals surface area contributed by atoms with Crippen molar-refractivity contribution in [3.05, 3.63) is 0 Å². The zero-order chi connectivity index (χ0) is 9.23. The minimum absolute atomic E-state index is 0. The van der Waals surface area contributed by atoms with Crippen molar-refractivity contribution in [3.63, 3.8) is 0 Å². The second-order valence-electron chi connectivity index (χ2n) is 3.48. The van der Waals surface area contributed by atoms with Crippen molar-refractivity contribution in [2.45, 2.75) is 20.8 Å². The maximum atomic E-state index is 10.4. The number of aliphatic carboxylic acids is 2. The first-order chi connectivity index (χ1) is 4.76. The van der Waals surface area contributed by atoms with Gasteiger partial charge in [-0.25, -0.2) is 0 Å². The molecule has 0 fully saturated rings. The Labute approximate surface area is 115 Å². The average Bonchev–Trinajstić information content (AvgIpc) is 1.54. The fourth-order valence-corrected chi connectivity index (χ4v) is 0.846. The maximum Gasteiger partial charge on any atom is 1.00 e.